The topological polar surface area (TPSA) is 79.0 Å². The minimum absolute atomic E-state index is 0.0810. The number of carbonyl (C=O) groups excluding carboxylic acids is 1. The van der Waals surface area contributed by atoms with E-state index in [0.29, 0.717) is 25.2 Å². The fourth-order valence-electron chi connectivity index (χ4n) is 3.57. The Hall–Kier alpha value is -1.48. The maximum atomic E-state index is 13.0. The molecule has 8 heteroatoms. The Labute approximate surface area is 155 Å². The lowest BCUT2D eigenvalue weighted by atomic mass is 10.1. The summed E-state index contributed by atoms with van der Waals surface area (Å²) in [4.78, 5) is 14.8. The number of nitrogens with one attached hydrogen (secondary N) is 1. The third-order valence-electron chi connectivity index (χ3n) is 4.87. The first kappa shape index (κ1) is 19.3. The molecular formula is C18H27N3O4S. The van der Waals surface area contributed by atoms with E-state index in [1.54, 1.807) is 23.1 Å². The average Bonchev–Trinajstić information content (AvgIpc) is 2.61. The first-order valence-electron chi connectivity index (χ1n) is 9.06. The van der Waals surface area contributed by atoms with E-state index in [9.17, 15) is 13.2 Å². The molecule has 2 aliphatic heterocycles. The van der Waals surface area contributed by atoms with Crippen LogP contribution in [0.2, 0.25) is 0 Å². The summed E-state index contributed by atoms with van der Waals surface area (Å²) in [7, 11) is -3.66. The highest BCUT2D eigenvalue weighted by Crippen LogP contribution is 2.22. The Bertz CT molecular complexity index is 757. The fourth-order valence-corrected chi connectivity index (χ4v) is 5.21. The Balaban J connectivity index is 1.85. The zero-order valence-electron chi connectivity index (χ0n) is 15.5. The van der Waals surface area contributed by atoms with Crippen molar-refractivity contribution in [3.05, 3.63) is 29.8 Å². The Kier molecular flexibility index (Phi) is 5.67. The molecule has 0 bridgehead atoms. The number of morpholine rings is 1. The van der Waals surface area contributed by atoms with Crippen LogP contribution in [0.5, 0.6) is 0 Å². The highest BCUT2D eigenvalue weighted by molar-refractivity contribution is 7.89. The molecule has 0 aliphatic carbocycles. The number of amides is 1. The molecule has 3 rings (SSSR count). The van der Waals surface area contributed by atoms with Gasteiger partial charge in [-0.1, -0.05) is 6.07 Å². The third kappa shape index (κ3) is 3.93. The van der Waals surface area contributed by atoms with Crippen LogP contribution in [0.15, 0.2) is 29.2 Å². The van der Waals surface area contributed by atoms with Crippen LogP contribution in [0.3, 0.4) is 0 Å². The van der Waals surface area contributed by atoms with Crippen molar-refractivity contribution < 1.29 is 17.9 Å². The summed E-state index contributed by atoms with van der Waals surface area (Å²) >= 11 is 0. The van der Waals surface area contributed by atoms with Crippen molar-refractivity contribution in [2.24, 2.45) is 0 Å². The molecule has 0 aromatic heterocycles. The van der Waals surface area contributed by atoms with Crippen molar-refractivity contribution in [3.8, 4) is 0 Å². The number of sulfonamides is 1. The van der Waals surface area contributed by atoms with Crippen molar-refractivity contribution in [3.63, 3.8) is 0 Å². The second-order valence-electron chi connectivity index (χ2n) is 7.16. The number of nitrogens with zero attached hydrogens (tertiary/aromatic N) is 2. The van der Waals surface area contributed by atoms with Crippen LogP contribution in [0.4, 0.5) is 0 Å². The van der Waals surface area contributed by atoms with Gasteiger partial charge >= 0.3 is 0 Å². The Morgan fingerprint density at radius 3 is 2.54 bits per heavy atom. The summed E-state index contributed by atoms with van der Waals surface area (Å²) in [5, 5.41) is 3.25. The quantitative estimate of drug-likeness (QED) is 0.842. The van der Waals surface area contributed by atoms with E-state index in [1.165, 1.54) is 10.4 Å². The normalized spacial score (nSPS) is 28.1. The van der Waals surface area contributed by atoms with Crippen LogP contribution in [0.1, 0.15) is 31.1 Å². The molecule has 3 atom stereocenters. The van der Waals surface area contributed by atoms with Gasteiger partial charge in [0.2, 0.25) is 10.0 Å². The molecule has 7 nitrogen and oxygen atoms in total. The van der Waals surface area contributed by atoms with E-state index >= 15 is 0 Å². The minimum atomic E-state index is -3.66. The molecule has 2 unspecified atom stereocenters. The number of rotatable bonds is 3. The molecule has 1 aromatic rings. The number of hydrogen-bond acceptors (Lipinski definition) is 5. The molecule has 0 radical (unpaired) electrons. The summed E-state index contributed by atoms with van der Waals surface area (Å²) in [6.45, 7) is 8.47. The molecule has 144 valence electrons. The largest absolute Gasteiger partial charge is 0.373 e. The SMILES string of the molecule is CC1CN(S(=O)(=O)c2cccc(C(=O)N3CCNC[C@H]3C)c2)CC(C)O1. The second kappa shape index (κ2) is 7.64. The van der Waals surface area contributed by atoms with Crippen LogP contribution < -0.4 is 5.32 Å². The molecule has 0 spiro atoms. The van der Waals surface area contributed by atoms with Gasteiger partial charge in [0.05, 0.1) is 17.1 Å². The molecule has 0 saturated carbocycles. The van der Waals surface area contributed by atoms with E-state index in [1.807, 2.05) is 20.8 Å². The van der Waals surface area contributed by atoms with Gasteiger partial charge < -0.3 is 15.0 Å². The average molecular weight is 381 g/mol. The van der Waals surface area contributed by atoms with Gasteiger partial charge in [-0.15, -0.1) is 0 Å². The summed E-state index contributed by atoms with van der Waals surface area (Å²) < 4.78 is 33.1. The molecule has 26 heavy (non-hydrogen) atoms. The number of piperazine rings is 1. The monoisotopic (exact) mass is 381 g/mol. The van der Waals surface area contributed by atoms with Crippen LogP contribution in [-0.4, -0.2) is 74.5 Å². The second-order valence-corrected chi connectivity index (χ2v) is 9.10. The maximum absolute atomic E-state index is 13.0. The Morgan fingerprint density at radius 2 is 1.88 bits per heavy atom. The molecular weight excluding hydrogens is 354 g/mol. The van der Waals surface area contributed by atoms with Gasteiger partial charge in [0.25, 0.3) is 5.91 Å². The summed E-state index contributed by atoms with van der Waals surface area (Å²) in [5.41, 5.74) is 0.411. The predicted molar refractivity (Wildman–Crippen MR) is 98.6 cm³/mol. The van der Waals surface area contributed by atoms with E-state index in [2.05, 4.69) is 5.32 Å². The van der Waals surface area contributed by atoms with Gasteiger partial charge in [0.15, 0.2) is 0 Å². The number of ether oxygens (including phenoxy) is 1. The molecule has 2 fully saturated rings. The maximum Gasteiger partial charge on any atom is 0.254 e. The van der Waals surface area contributed by atoms with Crippen molar-refractivity contribution in [1.82, 2.24) is 14.5 Å². The first-order chi connectivity index (χ1) is 12.3. The highest BCUT2D eigenvalue weighted by Gasteiger charge is 2.33. The zero-order valence-corrected chi connectivity index (χ0v) is 16.3. The van der Waals surface area contributed by atoms with Crippen LogP contribution in [-0.2, 0) is 14.8 Å². The molecule has 2 saturated heterocycles. The van der Waals surface area contributed by atoms with Crippen LogP contribution in [0, 0.1) is 0 Å². The fraction of sp³-hybridized carbons (Fsp3) is 0.611. The van der Waals surface area contributed by atoms with Crippen LogP contribution in [0.25, 0.3) is 0 Å². The Morgan fingerprint density at radius 1 is 1.19 bits per heavy atom. The van der Waals surface area contributed by atoms with E-state index in [0.717, 1.165) is 13.1 Å². The standard InChI is InChI=1S/C18H27N3O4S/c1-13-10-19-7-8-21(13)18(22)16-5-4-6-17(9-16)26(23,24)20-11-14(2)25-15(3)12-20/h4-6,9,13-15,19H,7-8,10-12H2,1-3H3/t13-,14?,15?/m1/s1. The van der Waals surface area contributed by atoms with Gasteiger partial charge in [0, 0.05) is 44.3 Å². The highest BCUT2D eigenvalue weighted by atomic mass is 32.2. The van der Waals surface area contributed by atoms with Gasteiger partial charge in [0.1, 0.15) is 0 Å². The lowest BCUT2D eigenvalue weighted by Gasteiger charge is -2.35. The third-order valence-corrected chi connectivity index (χ3v) is 6.69. The zero-order chi connectivity index (χ0) is 18.9. The van der Waals surface area contributed by atoms with Gasteiger partial charge in [-0.05, 0) is 39.0 Å². The lowest BCUT2D eigenvalue weighted by molar-refractivity contribution is -0.0440. The number of carbonyl (C=O) groups is 1. The molecule has 1 amide bonds. The van der Waals surface area contributed by atoms with E-state index in [-0.39, 0.29) is 29.1 Å². The van der Waals surface area contributed by atoms with Gasteiger partial charge in [-0.25, -0.2) is 8.42 Å². The van der Waals surface area contributed by atoms with Crippen LogP contribution >= 0.6 is 0 Å². The number of hydrogen-bond donors (Lipinski definition) is 1. The van der Waals surface area contributed by atoms with E-state index in [4.69, 9.17) is 4.74 Å². The summed E-state index contributed by atoms with van der Waals surface area (Å²) in [5.74, 6) is -0.125. The van der Waals surface area contributed by atoms with Gasteiger partial charge in [-0.3, -0.25) is 4.79 Å². The molecule has 1 N–H and O–H groups in total. The minimum Gasteiger partial charge on any atom is -0.373 e. The smallest absolute Gasteiger partial charge is 0.254 e. The molecule has 2 heterocycles. The molecule has 1 aromatic carbocycles. The van der Waals surface area contributed by atoms with Crippen molar-refractivity contribution in [2.75, 3.05) is 32.7 Å². The summed E-state index contributed by atoms with van der Waals surface area (Å²) in [6, 6.07) is 6.45. The number of benzene rings is 1. The van der Waals surface area contributed by atoms with Gasteiger partial charge in [-0.2, -0.15) is 4.31 Å². The van der Waals surface area contributed by atoms with Crippen molar-refractivity contribution in [2.45, 2.75) is 43.9 Å². The van der Waals surface area contributed by atoms with Crippen molar-refractivity contribution in [1.29, 1.82) is 0 Å². The predicted octanol–water partition coefficient (Wildman–Crippen LogP) is 0.918. The lowest BCUT2D eigenvalue weighted by Crippen LogP contribution is -2.52. The summed E-state index contributed by atoms with van der Waals surface area (Å²) in [6.07, 6.45) is -0.305. The van der Waals surface area contributed by atoms with E-state index < -0.39 is 10.0 Å². The molecule has 2 aliphatic rings. The first-order valence-corrected chi connectivity index (χ1v) is 10.5. The van der Waals surface area contributed by atoms with Crippen molar-refractivity contribution >= 4 is 15.9 Å².